The van der Waals surface area contributed by atoms with Crippen molar-refractivity contribution in [2.24, 2.45) is 5.92 Å². The fraction of sp³-hybridized carbons (Fsp3) is 0.467. The molecule has 1 aliphatic rings. The molecule has 1 aromatic heterocycles. The van der Waals surface area contributed by atoms with Crippen LogP contribution in [0, 0.1) is 17.8 Å². The number of aromatic nitrogens is 1. The van der Waals surface area contributed by atoms with Crippen LogP contribution in [0.2, 0.25) is 0 Å². The molecule has 19 heavy (non-hydrogen) atoms. The van der Waals surface area contributed by atoms with Crippen molar-refractivity contribution in [3.63, 3.8) is 0 Å². The van der Waals surface area contributed by atoms with E-state index < -0.39 is 0 Å². The average Bonchev–Trinajstić information content (AvgIpc) is 3.17. The first-order valence-corrected chi connectivity index (χ1v) is 6.47. The van der Waals surface area contributed by atoms with Crippen LogP contribution in [0.1, 0.15) is 25.3 Å². The van der Waals surface area contributed by atoms with Gasteiger partial charge < -0.3 is 9.47 Å². The Hall–Kier alpha value is -2.02. The van der Waals surface area contributed by atoms with E-state index in [1.54, 1.807) is 35.6 Å². The molecule has 4 heteroatoms. The summed E-state index contributed by atoms with van der Waals surface area (Å²) in [5.41, 5.74) is 0.979. The highest BCUT2D eigenvalue weighted by atomic mass is 16.2. The largest absolute Gasteiger partial charge is 0.331 e. The highest BCUT2D eigenvalue weighted by Gasteiger charge is 2.22. The van der Waals surface area contributed by atoms with Crippen LogP contribution < -0.4 is 5.56 Å². The SMILES string of the molecule is CC#CC(=O)N(C)Cc1ccc(=O)n(CC2CC2)c1. The number of pyridine rings is 1. The molecule has 0 radical (unpaired) electrons. The molecule has 0 unspecified atom stereocenters. The van der Waals surface area contributed by atoms with E-state index >= 15 is 0 Å². The van der Waals surface area contributed by atoms with Gasteiger partial charge in [0.05, 0.1) is 0 Å². The van der Waals surface area contributed by atoms with Crippen LogP contribution in [0.25, 0.3) is 0 Å². The molecule has 0 saturated heterocycles. The Bertz CT molecular complexity index is 588. The molecule has 0 N–H and O–H groups in total. The smallest absolute Gasteiger partial charge is 0.298 e. The predicted molar refractivity (Wildman–Crippen MR) is 73.4 cm³/mol. The lowest BCUT2D eigenvalue weighted by Gasteiger charge is -2.15. The molecule has 1 heterocycles. The van der Waals surface area contributed by atoms with Gasteiger partial charge in [0.2, 0.25) is 0 Å². The van der Waals surface area contributed by atoms with Crippen LogP contribution in [0.4, 0.5) is 0 Å². The summed E-state index contributed by atoms with van der Waals surface area (Å²) in [5.74, 6) is 5.54. The minimum Gasteiger partial charge on any atom is -0.331 e. The second-order valence-electron chi connectivity index (χ2n) is 5.01. The second-order valence-corrected chi connectivity index (χ2v) is 5.01. The van der Waals surface area contributed by atoms with Crippen molar-refractivity contribution in [3.05, 3.63) is 34.2 Å². The van der Waals surface area contributed by atoms with Gasteiger partial charge in [-0.15, -0.1) is 0 Å². The molecule has 1 saturated carbocycles. The van der Waals surface area contributed by atoms with Crippen LogP contribution >= 0.6 is 0 Å². The van der Waals surface area contributed by atoms with Gasteiger partial charge in [-0.25, -0.2) is 0 Å². The van der Waals surface area contributed by atoms with E-state index in [1.165, 1.54) is 12.8 Å². The number of carbonyl (C=O) groups excluding carboxylic acids is 1. The molecule has 2 rings (SSSR count). The van der Waals surface area contributed by atoms with Crippen molar-refractivity contribution in [3.8, 4) is 11.8 Å². The maximum absolute atomic E-state index is 11.7. The van der Waals surface area contributed by atoms with Gasteiger partial charge >= 0.3 is 0 Å². The van der Waals surface area contributed by atoms with Crippen molar-refractivity contribution < 1.29 is 4.79 Å². The number of nitrogens with zero attached hydrogens (tertiary/aromatic N) is 2. The summed E-state index contributed by atoms with van der Waals surface area (Å²) < 4.78 is 1.75. The summed E-state index contributed by atoms with van der Waals surface area (Å²) >= 11 is 0. The summed E-state index contributed by atoms with van der Waals surface area (Å²) in [5, 5.41) is 0. The molecule has 1 amide bonds. The lowest BCUT2D eigenvalue weighted by atomic mass is 10.2. The maximum Gasteiger partial charge on any atom is 0.298 e. The monoisotopic (exact) mass is 258 g/mol. The molecule has 1 aliphatic carbocycles. The first-order valence-electron chi connectivity index (χ1n) is 6.47. The van der Waals surface area contributed by atoms with E-state index in [9.17, 15) is 9.59 Å². The molecule has 0 aliphatic heterocycles. The van der Waals surface area contributed by atoms with Gasteiger partial charge in [0.15, 0.2) is 0 Å². The number of hydrogen-bond donors (Lipinski definition) is 0. The van der Waals surface area contributed by atoms with Gasteiger partial charge in [0.25, 0.3) is 11.5 Å². The first kappa shape index (κ1) is 13.4. The Kier molecular flexibility index (Phi) is 4.06. The molecular weight excluding hydrogens is 240 g/mol. The van der Waals surface area contributed by atoms with Crippen molar-refractivity contribution in [1.82, 2.24) is 9.47 Å². The van der Waals surface area contributed by atoms with Gasteiger partial charge in [-0.2, -0.15) is 0 Å². The van der Waals surface area contributed by atoms with Crippen LogP contribution in [-0.4, -0.2) is 22.4 Å². The zero-order valence-electron chi connectivity index (χ0n) is 11.3. The normalized spacial score (nSPS) is 13.6. The molecule has 1 fully saturated rings. The van der Waals surface area contributed by atoms with Gasteiger partial charge in [-0.1, -0.05) is 12.0 Å². The van der Waals surface area contributed by atoms with Gasteiger partial charge in [0, 0.05) is 32.4 Å². The lowest BCUT2D eigenvalue weighted by molar-refractivity contribution is -0.124. The van der Waals surface area contributed by atoms with Crippen LogP contribution in [0.3, 0.4) is 0 Å². The van der Waals surface area contributed by atoms with Crippen molar-refractivity contribution in [1.29, 1.82) is 0 Å². The molecular formula is C15H18N2O2. The zero-order valence-corrected chi connectivity index (χ0v) is 11.3. The highest BCUT2D eigenvalue weighted by Crippen LogP contribution is 2.30. The fourth-order valence-electron chi connectivity index (χ4n) is 1.94. The summed E-state index contributed by atoms with van der Waals surface area (Å²) in [7, 11) is 1.71. The molecule has 0 bridgehead atoms. The zero-order chi connectivity index (χ0) is 13.8. The quantitative estimate of drug-likeness (QED) is 0.763. The Morgan fingerprint density at radius 2 is 2.21 bits per heavy atom. The molecule has 1 aromatic rings. The number of hydrogen-bond acceptors (Lipinski definition) is 2. The summed E-state index contributed by atoms with van der Waals surface area (Å²) in [6, 6.07) is 3.34. The summed E-state index contributed by atoms with van der Waals surface area (Å²) in [6.45, 7) is 2.90. The van der Waals surface area contributed by atoms with E-state index in [-0.39, 0.29) is 11.5 Å². The van der Waals surface area contributed by atoms with E-state index in [4.69, 9.17) is 0 Å². The van der Waals surface area contributed by atoms with E-state index in [1.807, 2.05) is 6.20 Å². The highest BCUT2D eigenvalue weighted by molar-refractivity contribution is 5.93. The van der Waals surface area contributed by atoms with Crippen molar-refractivity contribution in [2.45, 2.75) is 32.9 Å². The fourth-order valence-corrected chi connectivity index (χ4v) is 1.94. The predicted octanol–water partition coefficient (Wildman–Crippen LogP) is 1.24. The first-order chi connectivity index (χ1) is 9.10. The average molecular weight is 258 g/mol. The Labute approximate surface area is 113 Å². The maximum atomic E-state index is 11.7. The molecule has 4 nitrogen and oxygen atoms in total. The van der Waals surface area contributed by atoms with Gasteiger partial charge in [-0.3, -0.25) is 9.59 Å². The summed E-state index contributed by atoms with van der Waals surface area (Å²) in [4.78, 5) is 24.8. The summed E-state index contributed by atoms with van der Waals surface area (Å²) in [6.07, 6.45) is 4.27. The van der Waals surface area contributed by atoms with Crippen LogP contribution in [0.15, 0.2) is 23.1 Å². The third kappa shape index (κ3) is 3.72. The van der Waals surface area contributed by atoms with Crippen molar-refractivity contribution in [2.75, 3.05) is 7.05 Å². The van der Waals surface area contributed by atoms with Gasteiger partial charge in [0.1, 0.15) is 0 Å². The van der Waals surface area contributed by atoms with E-state index in [0.717, 1.165) is 12.1 Å². The Morgan fingerprint density at radius 3 is 2.84 bits per heavy atom. The third-order valence-corrected chi connectivity index (χ3v) is 3.19. The van der Waals surface area contributed by atoms with Crippen molar-refractivity contribution >= 4 is 5.91 Å². The lowest BCUT2D eigenvalue weighted by Crippen LogP contribution is -2.26. The molecule has 100 valence electrons. The minimum atomic E-state index is -0.206. The molecule has 0 aromatic carbocycles. The number of amides is 1. The minimum absolute atomic E-state index is 0.0259. The Morgan fingerprint density at radius 1 is 1.47 bits per heavy atom. The molecule has 0 spiro atoms. The third-order valence-electron chi connectivity index (χ3n) is 3.19. The van der Waals surface area contributed by atoms with E-state index in [0.29, 0.717) is 12.5 Å². The molecule has 0 atom stereocenters. The number of carbonyl (C=O) groups is 1. The van der Waals surface area contributed by atoms with Gasteiger partial charge in [-0.05, 0) is 37.2 Å². The van der Waals surface area contributed by atoms with Crippen LogP contribution in [0.5, 0.6) is 0 Å². The second kappa shape index (κ2) is 5.75. The topological polar surface area (TPSA) is 42.3 Å². The standard InChI is InChI=1S/C15H18N2O2/c1-3-4-14(18)16(2)9-13-7-8-15(19)17(11-13)10-12-5-6-12/h7-8,11-12H,5-6,9-10H2,1-2H3. The van der Waals surface area contributed by atoms with Crippen LogP contribution in [-0.2, 0) is 17.9 Å². The Balaban J connectivity index is 2.08. The number of rotatable bonds is 4. The van der Waals surface area contributed by atoms with E-state index in [2.05, 4.69) is 11.8 Å².